The highest BCUT2D eigenvalue weighted by molar-refractivity contribution is 7.88. The Kier molecular flexibility index (Phi) is 8.78. The molecule has 126 valence electrons. The standard InChI is InChI=1S/C15H32N2O3S/c1-4-8-16-15(13-20-10-5-2)11-14-7-6-9-17(12-14)21(3,18)19/h14-16H,4-13H2,1-3H3. The van der Waals surface area contributed by atoms with E-state index < -0.39 is 10.0 Å². The molecule has 0 saturated carbocycles. The zero-order chi connectivity index (χ0) is 15.7. The molecular formula is C15H32N2O3S. The zero-order valence-electron chi connectivity index (χ0n) is 13.8. The average Bonchev–Trinajstić information content (AvgIpc) is 2.44. The van der Waals surface area contributed by atoms with Gasteiger partial charge in [-0.3, -0.25) is 0 Å². The van der Waals surface area contributed by atoms with Gasteiger partial charge in [-0.1, -0.05) is 13.8 Å². The Hall–Kier alpha value is -0.170. The van der Waals surface area contributed by atoms with Gasteiger partial charge in [0.2, 0.25) is 10.0 Å². The maximum atomic E-state index is 11.7. The zero-order valence-corrected chi connectivity index (χ0v) is 14.6. The van der Waals surface area contributed by atoms with Crippen molar-refractivity contribution in [3.05, 3.63) is 0 Å². The van der Waals surface area contributed by atoms with Crippen molar-refractivity contribution in [3.8, 4) is 0 Å². The van der Waals surface area contributed by atoms with Crippen LogP contribution in [0.2, 0.25) is 0 Å². The van der Waals surface area contributed by atoms with Crippen LogP contribution in [0.1, 0.15) is 46.0 Å². The number of nitrogens with one attached hydrogen (secondary N) is 1. The third-order valence-corrected chi connectivity index (χ3v) is 5.19. The highest BCUT2D eigenvalue weighted by atomic mass is 32.2. The lowest BCUT2D eigenvalue weighted by Gasteiger charge is -2.33. The molecule has 0 radical (unpaired) electrons. The summed E-state index contributed by atoms with van der Waals surface area (Å²) in [6.45, 7) is 8.12. The summed E-state index contributed by atoms with van der Waals surface area (Å²) in [5.74, 6) is 0.438. The van der Waals surface area contributed by atoms with Crippen LogP contribution < -0.4 is 5.32 Å². The number of piperidine rings is 1. The molecule has 2 atom stereocenters. The van der Waals surface area contributed by atoms with E-state index >= 15 is 0 Å². The van der Waals surface area contributed by atoms with E-state index in [2.05, 4.69) is 19.2 Å². The fourth-order valence-electron chi connectivity index (χ4n) is 2.85. The largest absolute Gasteiger partial charge is 0.380 e. The SMILES string of the molecule is CCCNC(COCCC)CC1CCCN(S(C)(=O)=O)C1. The van der Waals surface area contributed by atoms with Crippen LogP contribution in [-0.2, 0) is 14.8 Å². The molecule has 0 aromatic carbocycles. The molecule has 1 saturated heterocycles. The Morgan fingerprint density at radius 1 is 1.33 bits per heavy atom. The van der Waals surface area contributed by atoms with E-state index in [1.54, 1.807) is 4.31 Å². The van der Waals surface area contributed by atoms with Crippen molar-refractivity contribution in [1.82, 2.24) is 9.62 Å². The van der Waals surface area contributed by atoms with Crippen LogP contribution >= 0.6 is 0 Å². The summed E-state index contributed by atoms with van der Waals surface area (Å²) in [6, 6.07) is 0.334. The topological polar surface area (TPSA) is 58.6 Å². The second-order valence-electron chi connectivity index (χ2n) is 6.09. The molecule has 1 rings (SSSR count). The van der Waals surface area contributed by atoms with E-state index in [0.717, 1.165) is 51.9 Å². The van der Waals surface area contributed by atoms with Crippen molar-refractivity contribution in [2.45, 2.75) is 52.0 Å². The molecule has 0 aromatic rings. The fraction of sp³-hybridized carbons (Fsp3) is 1.00. The van der Waals surface area contributed by atoms with Crippen molar-refractivity contribution in [3.63, 3.8) is 0 Å². The molecule has 5 nitrogen and oxygen atoms in total. The second-order valence-corrected chi connectivity index (χ2v) is 8.07. The normalized spacial score (nSPS) is 22.3. The van der Waals surface area contributed by atoms with E-state index in [-0.39, 0.29) is 0 Å². The molecular weight excluding hydrogens is 288 g/mol. The molecule has 0 spiro atoms. The second kappa shape index (κ2) is 9.77. The summed E-state index contributed by atoms with van der Waals surface area (Å²) < 4.78 is 30.7. The molecule has 2 unspecified atom stereocenters. The number of ether oxygens (including phenoxy) is 1. The van der Waals surface area contributed by atoms with Gasteiger partial charge in [-0.2, -0.15) is 0 Å². The number of hydrogen-bond acceptors (Lipinski definition) is 4. The number of nitrogens with zero attached hydrogens (tertiary/aromatic N) is 1. The van der Waals surface area contributed by atoms with E-state index in [1.165, 1.54) is 6.26 Å². The summed E-state index contributed by atoms with van der Waals surface area (Å²) in [7, 11) is -3.05. The van der Waals surface area contributed by atoms with Gasteiger partial charge in [0.25, 0.3) is 0 Å². The lowest BCUT2D eigenvalue weighted by atomic mass is 9.92. The van der Waals surface area contributed by atoms with Crippen molar-refractivity contribution in [2.24, 2.45) is 5.92 Å². The highest BCUT2D eigenvalue weighted by Gasteiger charge is 2.27. The van der Waals surface area contributed by atoms with Crippen molar-refractivity contribution >= 4 is 10.0 Å². The minimum atomic E-state index is -3.05. The molecule has 1 N–H and O–H groups in total. The minimum absolute atomic E-state index is 0.334. The van der Waals surface area contributed by atoms with Crippen LogP contribution in [0.5, 0.6) is 0 Å². The number of sulfonamides is 1. The maximum Gasteiger partial charge on any atom is 0.211 e. The summed E-state index contributed by atoms with van der Waals surface area (Å²) in [5.41, 5.74) is 0. The molecule has 0 bridgehead atoms. The van der Waals surface area contributed by atoms with Gasteiger partial charge in [0.05, 0.1) is 12.9 Å². The smallest absolute Gasteiger partial charge is 0.211 e. The van der Waals surface area contributed by atoms with Gasteiger partial charge in [0.1, 0.15) is 0 Å². The fourth-order valence-corrected chi connectivity index (χ4v) is 3.79. The van der Waals surface area contributed by atoms with Crippen LogP contribution in [0.25, 0.3) is 0 Å². The molecule has 0 aromatic heterocycles. The first-order chi connectivity index (χ1) is 9.97. The molecule has 1 heterocycles. The van der Waals surface area contributed by atoms with E-state index in [9.17, 15) is 8.42 Å². The summed E-state index contributed by atoms with van der Waals surface area (Å²) >= 11 is 0. The Morgan fingerprint density at radius 3 is 2.71 bits per heavy atom. The van der Waals surface area contributed by atoms with Gasteiger partial charge in [-0.25, -0.2) is 12.7 Å². The van der Waals surface area contributed by atoms with Gasteiger partial charge in [-0.15, -0.1) is 0 Å². The third-order valence-electron chi connectivity index (χ3n) is 3.92. The first-order valence-electron chi connectivity index (χ1n) is 8.23. The first-order valence-corrected chi connectivity index (χ1v) is 10.1. The van der Waals surface area contributed by atoms with Gasteiger partial charge in [0.15, 0.2) is 0 Å². The molecule has 21 heavy (non-hydrogen) atoms. The van der Waals surface area contributed by atoms with Gasteiger partial charge in [-0.05, 0) is 44.6 Å². The predicted molar refractivity (Wildman–Crippen MR) is 86.9 cm³/mol. The number of rotatable bonds is 10. The molecule has 1 aliphatic rings. The molecule has 1 aliphatic heterocycles. The van der Waals surface area contributed by atoms with Crippen LogP contribution in [0.3, 0.4) is 0 Å². The highest BCUT2D eigenvalue weighted by Crippen LogP contribution is 2.22. The van der Waals surface area contributed by atoms with Gasteiger partial charge >= 0.3 is 0 Å². The lowest BCUT2D eigenvalue weighted by Crippen LogP contribution is -2.43. The van der Waals surface area contributed by atoms with Crippen LogP contribution in [-0.4, -0.2) is 57.9 Å². The molecule has 1 fully saturated rings. The Morgan fingerprint density at radius 2 is 2.10 bits per heavy atom. The van der Waals surface area contributed by atoms with E-state index in [4.69, 9.17) is 4.74 Å². The van der Waals surface area contributed by atoms with Gasteiger partial charge in [0, 0.05) is 25.7 Å². The van der Waals surface area contributed by atoms with Crippen LogP contribution in [0, 0.1) is 5.92 Å². The minimum Gasteiger partial charge on any atom is -0.380 e. The average molecular weight is 320 g/mol. The Balaban J connectivity index is 2.47. The summed E-state index contributed by atoms with van der Waals surface area (Å²) in [4.78, 5) is 0. The van der Waals surface area contributed by atoms with Crippen molar-refractivity contribution < 1.29 is 13.2 Å². The van der Waals surface area contributed by atoms with Crippen molar-refractivity contribution in [2.75, 3.05) is 39.1 Å². The predicted octanol–water partition coefficient (Wildman–Crippen LogP) is 1.84. The molecule has 0 aliphatic carbocycles. The van der Waals surface area contributed by atoms with Crippen molar-refractivity contribution in [1.29, 1.82) is 0 Å². The van der Waals surface area contributed by atoms with E-state index in [0.29, 0.717) is 25.0 Å². The summed E-state index contributed by atoms with van der Waals surface area (Å²) in [5, 5.41) is 3.54. The maximum absolute atomic E-state index is 11.7. The van der Waals surface area contributed by atoms with Crippen LogP contribution in [0.4, 0.5) is 0 Å². The first kappa shape index (κ1) is 18.9. The number of hydrogen-bond donors (Lipinski definition) is 1. The lowest BCUT2D eigenvalue weighted by molar-refractivity contribution is 0.0989. The molecule has 6 heteroatoms. The Bertz CT molecular complexity index is 373. The third kappa shape index (κ3) is 7.58. The van der Waals surface area contributed by atoms with E-state index in [1.807, 2.05) is 0 Å². The monoisotopic (exact) mass is 320 g/mol. The quantitative estimate of drug-likeness (QED) is 0.624. The Labute approximate surface area is 130 Å². The van der Waals surface area contributed by atoms with Gasteiger partial charge < -0.3 is 10.1 Å². The molecule has 0 amide bonds. The van der Waals surface area contributed by atoms with Crippen LogP contribution in [0.15, 0.2) is 0 Å². The summed E-state index contributed by atoms with van der Waals surface area (Å²) in [6.07, 6.45) is 6.52.